The van der Waals surface area contributed by atoms with Crippen molar-refractivity contribution in [2.45, 2.75) is 44.6 Å². The minimum Gasteiger partial charge on any atom is -0.337 e. The predicted octanol–water partition coefficient (Wildman–Crippen LogP) is 16.5. The van der Waals surface area contributed by atoms with Gasteiger partial charge in [-0.05, 0) is 154 Å². The molecule has 0 aromatic heterocycles. The number of hydrogen-bond acceptors (Lipinski definition) is 2. The maximum absolute atomic E-state index is 2.61. The number of nitrogens with zero attached hydrogens (tertiary/aromatic N) is 2. The second-order valence-electron chi connectivity index (χ2n) is 18.8. The lowest BCUT2D eigenvalue weighted by molar-refractivity contribution is 0.517. The zero-order valence-corrected chi connectivity index (χ0v) is 38.8. The number of fused-ring (bicyclic) bond motifs is 3. The van der Waals surface area contributed by atoms with Crippen molar-refractivity contribution in [2.75, 3.05) is 9.80 Å². The fourth-order valence-electron chi connectivity index (χ4n) is 11.8. The van der Waals surface area contributed by atoms with Gasteiger partial charge in [0.05, 0.1) is 11.5 Å². The molecule has 0 saturated carbocycles. The fraction of sp³-hybridized carbons (Fsp3) is 0.121. The molecule has 2 heteroatoms. The van der Waals surface area contributed by atoms with Gasteiger partial charge in [0.2, 0.25) is 0 Å². The molecule has 3 aliphatic carbocycles. The van der Waals surface area contributed by atoms with E-state index in [9.17, 15) is 0 Å². The predicted molar refractivity (Wildman–Crippen MR) is 286 cm³/mol. The molecule has 2 atom stereocenters. The van der Waals surface area contributed by atoms with E-state index in [4.69, 9.17) is 0 Å². The van der Waals surface area contributed by atoms with Crippen LogP contribution in [0, 0.1) is 12.8 Å². The standard InChI is InChI=1S/C66H54N2/c1-46-19-15-17-29-60(46)65-47(2)66(54-23-9-4-10-24-54,55-25-11-5-12-26-55)62-45-59(40-41-61(62)65)67(57-36-31-49(32-37-57)48-20-7-3-8-21-48)58-38-33-50(34-39-58)51-35-42-64-53(43-51)44-52-22-16-18-30-63(52)68(64)56-27-13-6-14-28-56/h3-13,15-27,29-43,45,53,64H,14,28,44H2,1-2H3. The van der Waals surface area contributed by atoms with Crippen molar-refractivity contribution in [3.05, 3.63) is 298 Å². The van der Waals surface area contributed by atoms with Gasteiger partial charge in [0.1, 0.15) is 0 Å². The number of anilines is 4. The summed E-state index contributed by atoms with van der Waals surface area (Å²) in [6.07, 6.45) is 17.4. The molecule has 0 spiro atoms. The monoisotopic (exact) mass is 874 g/mol. The second kappa shape index (κ2) is 17.4. The molecule has 1 aliphatic heterocycles. The fourth-order valence-corrected chi connectivity index (χ4v) is 11.8. The van der Waals surface area contributed by atoms with Gasteiger partial charge in [-0.1, -0.05) is 194 Å². The maximum atomic E-state index is 2.61. The Labute approximate surface area is 401 Å². The third-order valence-electron chi connectivity index (χ3n) is 15.0. The van der Waals surface area contributed by atoms with Crippen LogP contribution >= 0.6 is 0 Å². The van der Waals surface area contributed by atoms with Crippen molar-refractivity contribution in [1.82, 2.24) is 0 Å². The molecule has 2 unspecified atom stereocenters. The van der Waals surface area contributed by atoms with Crippen molar-refractivity contribution in [3.8, 4) is 11.1 Å². The summed E-state index contributed by atoms with van der Waals surface area (Å²) >= 11 is 0. The van der Waals surface area contributed by atoms with Crippen LogP contribution in [0.4, 0.5) is 22.7 Å². The van der Waals surface area contributed by atoms with Crippen LogP contribution in [-0.2, 0) is 11.8 Å². The number of aryl methyl sites for hydroxylation is 1. The quantitative estimate of drug-likeness (QED) is 0.143. The maximum Gasteiger partial charge on any atom is 0.0674 e. The van der Waals surface area contributed by atoms with Gasteiger partial charge in [-0.25, -0.2) is 0 Å². The molecular formula is C66H54N2. The van der Waals surface area contributed by atoms with Crippen LogP contribution in [0.5, 0.6) is 0 Å². The Morgan fingerprint density at radius 1 is 0.559 bits per heavy atom. The van der Waals surface area contributed by atoms with Gasteiger partial charge in [0, 0.05) is 34.4 Å². The summed E-state index contributed by atoms with van der Waals surface area (Å²) in [5.74, 6) is 0.374. The van der Waals surface area contributed by atoms with Crippen molar-refractivity contribution in [2.24, 2.45) is 5.92 Å². The first-order valence-corrected chi connectivity index (χ1v) is 24.3. The number of hydrogen-bond donors (Lipinski definition) is 0. The van der Waals surface area contributed by atoms with E-state index in [1.54, 1.807) is 0 Å². The van der Waals surface area contributed by atoms with Crippen LogP contribution in [0.1, 0.15) is 64.3 Å². The molecule has 0 N–H and O–H groups in total. The van der Waals surface area contributed by atoms with E-state index in [0.29, 0.717) is 12.0 Å². The molecule has 8 aromatic carbocycles. The average Bonchev–Trinajstić information content (AvgIpc) is 3.66. The zero-order valence-electron chi connectivity index (χ0n) is 38.8. The Morgan fingerprint density at radius 2 is 1.16 bits per heavy atom. The molecule has 12 rings (SSSR count). The third-order valence-corrected chi connectivity index (χ3v) is 15.0. The molecule has 2 nitrogen and oxygen atoms in total. The Kier molecular flexibility index (Phi) is 10.6. The van der Waals surface area contributed by atoms with Gasteiger partial charge in [-0.2, -0.15) is 0 Å². The number of para-hydroxylation sites is 1. The van der Waals surface area contributed by atoms with Crippen molar-refractivity contribution in [1.29, 1.82) is 0 Å². The highest BCUT2D eigenvalue weighted by Gasteiger charge is 2.47. The average molecular weight is 875 g/mol. The lowest BCUT2D eigenvalue weighted by atomic mass is 9.67. The molecule has 0 fully saturated rings. The van der Waals surface area contributed by atoms with E-state index in [2.05, 4.69) is 266 Å². The van der Waals surface area contributed by atoms with Crippen molar-refractivity contribution < 1.29 is 0 Å². The summed E-state index contributed by atoms with van der Waals surface area (Å²) in [6, 6.07) is 76.8. The molecule has 0 bridgehead atoms. The second-order valence-corrected chi connectivity index (χ2v) is 18.8. The summed E-state index contributed by atoms with van der Waals surface area (Å²) < 4.78 is 0. The number of rotatable bonds is 9. The lowest BCUT2D eigenvalue weighted by Crippen LogP contribution is -2.44. The summed E-state index contributed by atoms with van der Waals surface area (Å²) in [5.41, 5.74) is 22.2. The molecule has 1 heterocycles. The third kappa shape index (κ3) is 7.02. The summed E-state index contributed by atoms with van der Waals surface area (Å²) in [6.45, 7) is 4.61. The van der Waals surface area contributed by atoms with E-state index < -0.39 is 5.41 Å². The van der Waals surface area contributed by atoms with Gasteiger partial charge < -0.3 is 9.80 Å². The van der Waals surface area contributed by atoms with Crippen LogP contribution in [0.25, 0.3) is 22.3 Å². The van der Waals surface area contributed by atoms with E-state index >= 15 is 0 Å². The van der Waals surface area contributed by atoms with Gasteiger partial charge in [-0.15, -0.1) is 0 Å². The highest BCUT2D eigenvalue weighted by molar-refractivity contribution is 5.95. The zero-order chi connectivity index (χ0) is 45.6. The largest absolute Gasteiger partial charge is 0.337 e. The highest BCUT2D eigenvalue weighted by atomic mass is 15.2. The molecule has 0 saturated heterocycles. The molecule has 68 heavy (non-hydrogen) atoms. The van der Waals surface area contributed by atoms with E-state index in [1.165, 1.54) is 83.7 Å². The first kappa shape index (κ1) is 41.5. The number of benzene rings is 8. The highest BCUT2D eigenvalue weighted by Crippen LogP contribution is 2.57. The molecule has 0 radical (unpaired) electrons. The van der Waals surface area contributed by atoms with Gasteiger partial charge in [0.25, 0.3) is 0 Å². The van der Waals surface area contributed by atoms with Crippen LogP contribution in [0.3, 0.4) is 0 Å². The van der Waals surface area contributed by atoms with Gasteiger partial charge in [0.15, 0.2) is 0 Å². The van der Waals surface area contributed by atoms with Crippen LogP contribution < -0.4 is 9.80 Å². The van der Waals surface area contributed by atoms with Crippen LogP contribution in [0.2, 0.25) is 0 Å². The number of allylic oxidation sites excluding steroid dienone is 7. The molecule has 328 valence electrons. The van der Waals surface area contributed by atoms with E-state index in [1.807, 2.05) is 0 Å². The Morgan fingerprint density at radius 3 is 1.84 bits per heavy atom. The summed E-state index contributed by atoms with van der Waals surface area (Å²) in [4.78, 5) is 5.06. The van der Waals surface area contributed by atoms with Gasteiger partial charge in [-0.3, -0.25) is 0 Å². The van der Waals surface area contributed by atoms with E-state index in [0.717, 1.165) is 36.3 Å². The van der Waals surface area contributed by atoms with Crippen LogP contribution in [-0.4, -0.2) is 6.04 Å². The Hall–Kier alpha value is -7.94. The molecular weight excluding hydrogens is 821 g/mol. The smallest absolute Gasteiger partial charge is 0.0674 e. The van der Waals surface area contributed by atoms with Crippen molar-refractivity contribution in [3.63, 3.8) is 0 Å². The van der Waals surface area contributed by atoms with Crippen molar-refractivity contribution >= 4 is 33.9 Å². The first-order valence-electron chi connectivity index (χ1n) is 24.3. The minimum atomic E-state index is -0.519. The van der Waals surface area contributed by atoms with E-state index in [-0.39, 0.29) is 0 Å². The van der Waals surface area contributed by atoms with Gasteiger partial charge >= 0.3 is 0 Å². The minimum absolute atomic E-state index is 0.295. The first-order chi connectivity index (χ1) is 33.6. The molecule has 8 aromatic rings. The summed E-state index contributed by atoms with van der Waals surface area (Å²) in [5, 5.41) is 0. The normalized spacial score (nSPS) is 17.8. The summed E-state index contributed by atoms with van der Waals surface area (Å²) in [7, 11) is 0. The SMILES string of the molecule is CC1=C(c2ccccc2C)c2ccc(N(c3ccc(C4=CC5Cc6ccccc6N(C6=CC=CCC6)C5C=C4)cc3)c3ccc(-c4ccccc4)cc3)cc2C1(c1ccccc1)c1ccccc1. The topological polar surface area (TPSA) is 6.48 Å². The Bertz CT molecular complexity index is 3280. The molecule has 4 aliphatic rings. The van der Waals surface area contributed by atoms with Crippen LogP contribution in [0.15, 0.2) is 254 Å². The molecule has 0 amide bonds. The lowest BCUT2D eigenvalue weighted by Gasteiger charge is -2.44. The Balaban J connectivity index is 0.986.